The third-order valence-corrected chi connectivity index (χ3v) is 4.66. The highest BCUT2D eigenvalue weighted by Crippen LogP contribution is 2.21. The van der Waals surface area contributed by atoms with Crippen LogP contribution in [0.1, 0.15) is 40.0 Å². The van der Waals surface area contributed by atoms with E-state index < -0.39 is 11.5 Å². The number of carboxylic acids is 1. The molecule has 2 N–H and O–H groups in total. The number of hydrogen-bond acceptors (Lipinski definition) is 3. The van der Waals surface area contributed by atoms with Gasteiger partial charge in [-0.25, -0.2) is 4.79 Å². The Hall–Kier alpha value is -0.910. The Morgan fingerprint density at radius 1 is 1.47 bits per heavy atom. The second kappa shape index (κ2) is 7.03. The molecule has 110 valence electrons. The molecule has 1 saturated heterocycles. The Bertz CT molecular complexity index is 334. The second-order valence-electron chi connectivity index (χ2n) is 5.55. The van der Waals surface area contributed by atoms with Gasteiger partial charge in [-0.05, 0) is 26.7 Å². The third kappa shape index (κ3) is 5.72. The molecule has 0 aromatic carbocycles. The maximum atomic E-state index is 12.2. The number of carboxylic acid groups (broad SMARTS) is 1. The zero-order valence-electron chi connectivity index (χ0n) is 11.9. The molecule has 1 rings (SSSR count). The van der Waals surface area contributed by atoms with E-state index >= 15 is 0 Å². The molecule has 1 atom stereocenters. The van der Waals surface area contributed by atoms with Crippen molar-refractivity contribution in [3.05, 3.63) is 0 Å². The number of amides is 2. The Kier molecular flexibility index (Phi) is 5.97. The molecule has 0 spiro atoms. The van der Waals surface area contributed by atoms with Crippen LogP contribution in [-0.2, 0) is 4.79 Å². The lowest BCUT2D eigenvalue weighted by Crippen LogP contribution is -2.53. The number of thioether (sulfide) groups is 1. The van der Waals surface area contributed by atoms with Gasteiger partial charge in [0.25, 0.3) is 0 Å². The first-order valence-corrected chi connectivity index (χ1v) is 7.79. The Balaban J connectivity index is 2.46. The van der Waals surface area contributed by atoms with E-state index in [0.717, 1.165) is 25.3 Å². The number of hydrogen-bond donors (Lipinski definition) is 2. The smallest absolute Gasteiger partial charge is 0.317 e. The number of nitrogens with one attached hydrogen (secondary N) is 1. The van der Waals surface area contributed by atoms with E-state index in [4.69, 9.17) is 5.11 Å². The number of carbonyl (C=O) groups excluding carboxylic acids is 1. The molecule has 1 aliphatic rings. The van der Waals surface area contributed by atoms with E-state index in [-0.39, 0.29) is 12.5 Å². The molecule has 0 aromatic heterocycles. The maximum Gasteiger partial charge on any atom is 0.317 e. The highest BCUT2D eigenvalue weighted by atomic mass is 32.2. The molecule has 1 fully saturated rings. The van der Waals surface area contributed by atoms with Crippen LogP contribution >= 0.6 is 11.8 Å². The summed E-state index contributed by atoms with van der Waals surface area (Å²) in [5.41, 5.74) is -0.484. The van der Waals surface area contributed by atoms with Gasteiger partial charge in [-0.1, -0.05) is 6.92 Å². The summed E-state index contributed by atoms with van der Waals surface area (Å²) >= 11 is 1.92. The van der Waals surface area contributed by atoms with Gasteiger partial charge in [0.15, 0.2) is 0 Å². The van der Waals surface area contributed by atoms with E-state index in [1.165, 1.54) is 0 Å². The number of rotatable bonds is 5. The molecule has 2 amide bonds. The second-order valence-corrected chi connectivity index (χ2v) is 6.96. The normalized spacial score (nSPS) is 20.2. The standard InChI is InChI=1S/C13H24N2O3S/c1-4-10-9-15(7-8-19-10)12(18)14-13(2,3)6-5-11(16)17/h10H,4-9H2,1-3H3,(H,14,18)(H,16,17). The van der Waals surface area contributed by atoms with Crippen molar-refractivity contribution in [1.29, 1.82) is 0 Å². The van der Waals surface area contributed by atoms with E-state index in [0.29, 0.717) is 11.7 Å². The summed E-state index contributed by atoms with van der Waals surface area (Å²) in [6.45, 7) is 7.41. The van der Waals surface area contributed by atoms with Gasteiger partial charge in [0.1, 0.15) is 0 Å². The fourth-order valence-electron chi connectivity index (χ4n) is 2.00. The Morgan fingerprint density at radius 2 is 2.16 bits per heavy atom. The molecule has 0 aromatic rings. The minimum atomic E-state index is -0.831. The summed E-state index contributed by atoms with van der Waals surface area (Å²) in [6, 6.07) is -0.0749. The van der Waals surface area contributed by atoms with Gasteiger partial charge < -0.3 is 15.3 Å². The molecule has 0 bridgehead atoms. The van der Waals surface area contributed by atoms with Gasteiger partial charge in [0.05, 0.1) is 0 Å². The largest absolute Gasteiger partial charge is 0.481 e. The lowest BCUT2D eigenvalue weighted by molar-refractivity contribution is -0.137. The summed E-state index contributed by atoms with van der Waals surface area (Å²) < 4.78 is 0. The number of carbonyl (C=O) groups is 2. The monoisotopic (exact) mass is 288 g/mol. The zero-order chi connectivity index (χ0) is 14.5. The van der Waals surface area contributed by atoms with E-state index in [9.17, 15) is 9.59 Å². The summed E-state index contributed by atoms with van der Waals surface area (Å²) in [6.07, 6.45) is 1.57. The lowest BCUT2D eigenvalue weighted by atomic mass is 9.99. The van der Waals surface area contributed by atoms with Crippen LogP contribution in [0.2, 0.25) is 0 Å². The Labute approximate surface area is 119 Å². The first-order chi connectivity index (χ1) is 8.84. The van der Waals surface area contributed by atoms with Crippen LogP contribution in [0.5, 0.6) is 0 Å². The SMILES string of the molecule is CCC1CN(C(=O)NC(C)(C)CCC(=O)O)CCS1. The van der Waals surface area contributed by atoms with Crippen LogP contribution in [0, 0.1) is 0 Å². The van der Waals surface area contributed by atoms with Crippen molar-refractivity contribution in [2.24, 2.45) is 0 Å². The van der Waals surface area contributed by atoms with Crippen molar-refractivity contribution in [3.63, 3.8) is 0 Å². The van der Waals surface area contributed by atoms with E-state index in [1.807, 2.05) is 30.5 Å². The molecule has 0 radical (unpaired) electrons. The quantitative estimate of drug-likeness (QED) is 0.813. The third-order valence-electron chi connectivity index (χ3n) is 3.29. The minimum Gasteiger partial charge on any atom is -0.481 e. The van der Waals surface area contributed by atoms with Gasteiger partial charge in [-0.15, -0.1) is 0 Å². The van der Waals surface area contributed by atoms with Crippen LogP contribution in [0.4, 0.5) is 4.79 Å². The summed E-state index contributed by atoms with van der Waals surface area (Å²) in [4.78, 5) is 24.6. The van der Waals surface area contributed by atoms with Gasteiger partial charge in [-0.3, -0.25) is 4.79 Å². The van der Waals surface area contributed by atoms with Gasteiger partial charge in [0, 0.05) is 36.1 Å². The molecule has 0 saturated carbocycles. The fraction of sp³-hybridized carbons (Fsp3) is 0.846. The van der Waals surface area contributed by atoms with Crippen molar-refractivity contribution >= 4 is 23.8 Å². The van der Waals surface area contributed by atoms with Crippen LogP contribution in [0.25, 0.3) is 0 Å². The van der Waals surface area contributed by atoms with Crippen LogP contribution in [0.15, 0.2) is 0 Å². The first kappa shape index (κ1) is 16.1. The van der Waals surface area contributed by atoms with Crippen LogP contribution in [0.3, 0.4) is 0 Å². The number of urea groups is 1. The highest BCUT2D eigenvalue weighted by molar-refractivity contribution is 8.00. The molecule has 1 heterocycles. The van der Waals surface area contributed by atoms with Crippen molar-refractivity contribution in [1.82, 2.24) is 10.2 Å². The molecule has 1 unspecified atom stereocenters. The molecule has 5 nitrogen and oxygen atoms in total. The van der Waals surface area contributed by atoms with Crippen molar-refractivity contribution in [3.8, 4) is 0 Å². The van der Waals surface area contributed by atoms with E-state index in [2.05, 4.69) is 12.2 Å². The summed E-state index contributed by atoms with van der Waals surface area (Å²) in [5.74, 6) is 0.143. The van der Waals surface area contributed by atoms with Gasteiger partial charge in [-0.2, -0.15) is 11.8 Å². The minimum absolute atomic E-state index is 0.0702. The molecule has 6 heteroatoms. The van der Waals surface area contributed by atoms with Crippen LogP contribution in [-0.4, -0.2) is 51.6 Å². The molecule has 0 aliphatic carbocycles. The summed E-state index contributed by atoms with van der Waals surface area (Å²) in [7, 11) is 0. The number of aliphatic carboxylic acids is 1. The highest BCUT2D eigenvalue weighted by Gasteiger charge is 2.27. The zero-order valence-corrected chi connectivity index (χ0v) is 12.8. The van der Waals surface area contributed by atoms with Crippen LogP contribution < -0.4 is 5.32 Å². The molecular formula is C13H24N2O3S. The topological polar surface area (TPSA) is 69.6 Å². The summed E-state index contributed by atoms with van der Waals surface area (Å²) in [5, 5.41) is 12.2. The average molecular weight is 288 g/mol. The van der Waals surface area contributed by atoms with Crippen molar-refractivity contribution in [2.45, 2.75) is 50.8 Å². The van der Waals surface area contributed by atoms with Crippen molar-refractivity contribution < 1.29 is 14.7 Å². The Morgan fingerprint density at radius 3 is 2.74 bits per heavy atom. The van der Waals surface area contributed by atoms with Gasteiger partial charge >= 0.3 is 12.0 Å². The molecule has 19 heavy (non-hydrogen) atoms. The predicted molar refractivity (Wildman–Crippen MR) is 77.6 cm³/mol. The van der Waals surface area contributed by atoms with E-state index in [1.54, 1.807) is 0 Å². The fourth-order valence-corrected chi connectivity index (χ4v) is 3.18. The maximum absolute atomic E-state index is 12.2. The van der Waals surface area contributed by atoms with Gasteiger partial charge in [0.2, 0.25) is 0 Å². The molecule has 1 aliphatic heterocycles. The predicted octanol–water partition coefficient (Wildman–Crippen LogP) is 2.17. The average Bonchev–Trinajstić information content (AvgIpc) is 2.36. The number of nitrogens with zero attached hydrogens (tertiary/aromatic N) is 1. The lowest BCUT2D eigenvalue weighted by Gasteiger charge is -2.35. The molecular weight excluding hydrogens is 264 g/mol. The van der Waals surface area contributed by atoms with Crippen molar-refractivity contribution in [2.75, 3.05) is 18.8 Å². The first-order valence-electron chi connectivity index (χ1n) is 6.74.